The highest BCUT2D eigenvalue weighted by Crippen LogP contribution is 2.17. The molecule has 1 rings (SSSR count). The van der Waals surface area contributed by atoms with E-state index in [9.17, 15) is 13.2 Å². The Bertz CT molecular complexity index is 623. The molecule has 0 atom stereocenters. The lowest BCUT2D eigenvalue weighted by molar-refractivity contribution is 0.0895. The van der Waals surface area contributed by atoms with Crippen molar-refractivity contribution in [1.82, 2.24) is 5.32 Å². The third-order valence-electron chi connectivity index (χ3n) is 3.99. The lowest BCUT2D eigenvalue weighted by atomic mass is 9.92. The highest BCUT2D eigenvalue weighted by molar-refractivity contribution is 7.92. The minimum atomic E-state index is -3.38. The first-order chi connectivity index (χ1) is 10.8. The Kier molecular flexibility index (Phi) is 9.32. The van der Waals surface area contributed by atoms with Gasteiger partial charge in [-0.15, -0.1) is 12.4 Å². The number of anilines is 1. The molecule has 0 saturated heterocycles. The summed E-state index contributed by atoms with van der Waals surface area (Å²) in [6, 6.07) is 6.47. The van der Waals surface area contributed by atoms with E-state index >= 15 is 0 Å². The van der Waals surface area contributed by atoms with E-state index in [-0.39, 0.29) is 24.1 Å². The molecule has 0 aliphatic rings. The van der Waals surface area contributed by atoms with Crippen LogP contribution in [0.5, 0.6) is 0 Å². The van der Waals surface area contributed by atoms with Crippen molar-refractivity contribution in [3.63, 3.8) is 0 Å². The zero-order valence-corrected chi connectivity index (χ0v) is 16.1. The summed E-state index contributed by atoms with van der Waals surface area (Å²) in [5, 5.41) is 2.97. The average molecular weight is 378 g/mol. The van der Waals surface area contributed by atoms with Gasteiger partial charge in [0.1, 0.15) is 0 Å². The molecular weight excluding hydrogens is 350 g/mol. The van der Waals surface area contributed by atoms with E-state index in [4.69, 9.17) is 5.73 Å². The van der Waals surface area contributed by atoms with Crippen molar-refractivity contribution in [2.45, 2.75) is 45.6 Å². The molecule has 4 N–H and O–H groups in total. The van der Waals surface area contributed by atoms with E-state index in [1.165, 1.54) is 6.07 Å². The van der Waals surface area contributed by atoms with Crippen molar-refractivity contribution >= 4 is 34.0 Å². The number of carbonyl (C=O) groups is 1. The number of halogens is 1. The smallest absolute Gasteiger partial charge is 0.251 e. The molecule has 0 spiro atoms. The van der Waals surface area contributed by atoms with Gasteiger partial charge in [0.15, 0.2) is 0 Å². The zero-order valence-electron chi connectivity index (χ0n) is 14.5. The number of hydrogen-bond donors (Lipinski definition) is 3. The zero-order chi connectivity index (χ0) is 17.5. The van der Waals surface area contributed by atoms with Crippen molar-refractivity contribution < 1.29 is 13.2 Å². The van der Waals surface area contributed by atoms with Crippen LogP contribution in [0.1, 0.15) is 50.4 Å². The molecule has 0 aromatic heterocycles. The summed E-state index contributed by atoms with van der Waals surface area (Å²) in [6.45, 7) is 6.11. The molecule has 0 unspecified atom stereocenters. The summed E-state index contributed by atoms with van der Waals surface area (Å²) in [5.41, 5.74) is 6.15. The quantitative estimate of drug-likeness (QED) is 0.615. The normalized spacial score (nSPS) is 11.5. The van der Waals surface area contributed by atoms with Gasteiger partial charge in [0.05, 0.1) is 11.3 Å². The molecular formula is C16H28ClN3O3S. The minimum absolute atomic E-state index is 0. The first kappa shape index (κ1) is 22.7. The Labute approximate surface area is 151 Å². The molecule has 6 nitrogen and oxygen atoms in total. The molecule has 0 radical (unpaired) electrons. The topological polar surface area (TPSA) is 101 Å². The third-order valence-corrected chi connectivity index (χ3v) is 5.49. The van der Waals surface area contributed by atoms with Crippen molar-refractivity contribution in [3.8, 4) is 0 Å². The van der Waals surface area contributed by atoms with Crippen LogP contribution >= 0.6 is 12.4 Å². The standard InChI is InChI=1S/C16H27N3O3S.ClH/c1-4-10-23(21,22)19-14-9-7-8-13(11-14)15(20)18-16(5-2,6-3)12-17;/h7-9,11,19H,4-6,10,12,17H2,1-3H3,(H,18,20);1H. The van der Waals surface area contributed by atoms with Crippen LogP contribution in [-0.2, 0) is 10.0 Å². The maximum absolute atomic E-state index is 12.4. The maximum atomic E-state index is 12.4. The van der Waals surface area contributed by atoms with E-state index in [0.717, 1.165) is 12.8 Å². The first-order valence-electron chi connectivity index (χ1n) is 7.94. The molecule has 138 valence electrons. The van der Waals surface area contributed by atoms with Gasteiger partial charge in [-0.25, -0.2) is 8.42 Å². The fourth-order valence-corrected chi connectivity index (χ4v) is 3.43. The van der Waals surface area contributed by atoms with Crippen molar-refractivity contribution in [2.75, 3.05) is 17.0 Å². The number of nitrogens with one attached hydrogen (secondary N) is 2. The van der Waals surface area contributed by atoms with Gasteiger partial charge < -0.3 is 11.1 Å². The highest BCUT2D eigenvalue weighted by atomic mass is 35.5. The number of nitrogens with two attached hydrogens (primary N) is 1. The first-order valence-corrected chi connectivity index (χ1v) is 9.59. The molecule has 8 heteroatoms. The number of amides is 1. The molecule has 0 bridgehead atoms. The van der Waals surface area contributed by atoms with E-state index in [0.29, 0.717) is 24.2 Å². The monoisotopic (exact) mass is 377 g/mol. The van der Waals surface area contributed by atoms with Crippen molar-refractivity contribution in [3.05, 3.63) is 29.8 Å². The Balaban J connectivity index is 0.00000529. The van der Waals surface area contributed by atoms with E-state index in [2.05, 4.69) is 10.0 Å². The fourth-order valence-electron chi connectivity index (χ4n) is 2.30. The molecule has 0 fully saturated rings. The summed E-state index contributed by atoms with van der Waals surface area (Å²) in [6.07, 6.45) is 1.99. The predicted molar refractivity (Wildman–Crippen MR) is 101 cm³/mol. The number of hydrogen-bond acceptors (Lipinski definition) is 4. The molecule has 0 aliphatic heterocycles. The number of sulfonamides is 1. The predicted octanol–water partition coefficient (Wildman–Crippen LogP) is 2.51. The molecule has 24 heavy (non-hydrogen) atoms. The van der Waals surface area contributed by atoms with Crippen LogP contribution in [0.4, 0.5) is 5.69 Å². The van der Waals surface area contributed by atoms with Crippen LogP contribution in [0.2, 0.25) is 0 Å². The van der Waals surface area contributed by atoms with Gasteiger partial charge in [-0.3, -0.25) is 9.52 Å². The summed E-state index contributed by atoms with van der Waals surface area (Å²) >= 11 is 0. The van der Waals surface area contributed by atoms with Crippen LogP contribution < -0.4 is 15.8 Å². The van der Waals surface area contributed by atoms with Crippen LogP contribution in [0.3, 0.4) is 0 Å². The second-order valence-electron chi connectivity index (χ2n) is 5.65. The number of rotatable bonds is 9. The average Bonchev–Trinajstić information content (AvgIpc) is 2.52. The van der Waals surface area contributed by atoms with Gasteiger partial charge in [-0.1, -0.05) is 26.8 Å². The van der Waals surface area contributed by atoms with Gasteiger partial charge in [-0.2, -0.15) is 0 Å². The minimum Gasteiger partial charge on any atom is -0.345 e. The van der Waals surface area contributed by atoms with Crippen LogP contribution in [0.25, 0.3) is 0 Å². The van der Waals surface area contributed by atoms with Gasteiger partial charge in [0, 0.05) is 17.8 Å². The molecule has 0 aliphatic carbocycles. The summed E-state index contributed by atoms with van der Waals surface area (Å²) < 4.78 is 26.1. The Hall–Kier alpha value is -1.31. The number of benzene rings is 1. The fraction of sp³-hybridized carbons (Fsp3) is 0.562. The number of carbonyl (C=O) groups excluding carboxylic acids is 1. The second kappa shape index (κ2) is 9.86. The summed E-state index contributed by atoms with van der Waals surface area (Å²) in [7, 11) is -3.38. The Morgan fingerprint density at radius 3 is 2.33 bits per heavy atom. The van der Waals surface area contributed by atoms with E-state index in [1.54, 1.807) is 25.1 Å². The van der Waals surface area contributed by atoms with Gasteiger partial charge >= 0.3 is 0 Å². The van der Waals surface area contributed by atoms with Crippen molar-refractivity contribution in [2.24, 2.45) is 5.73 Å². The third kappa shape index (κ3) is 6.30. The van der Waals surface area contributed by atoms with Crippen LogP contribution in [0, 0.1) is 0 Å². The SMILES string of the molecule is CCCS(=O)(=O)Nc1cccc(C(=O)NC(CC)(CC)CN)c1.Cl. The van der Waals surface area contributed by atoms with Gasteiger partial charge in [0.2, 0.25) is 10.0 Å². The van der Waals surface area contributed by atoms with Crippen molar-refractivity contribution in [1.29, 1.82) is 0 Å². The molecule has 1 aromatic rings. The molecule has 0 heterocycles. The Morgan fingerprint density at radius 1 is 1.21 bits per heavy atom. The second-order valence-corrected chi connectivity index (χ2v) is 7.49. The summed E-state index contributed by atoms with van der Waals surface area (Å²) in [5.74, 6) is -0.207. The van der Waals surface area contributed by atoms with E-state index < -0.39 is 15.6 Å². The van der Waals surface area contributed by atoms with Gasteiger partial charge in [0.25, 0.3) is 5.91 Å². The summed E-state index contributed by atoms with van der Waals surface area (Å²) in [4.78, 5) is 12.4. The molecule has 1 amide bonds. The lowest BCUT2D eigenvalue weighted by Gasteiger charge is -2.31. The molecule has 0 saturated carbocycles. The van der Waals surface area contributed by atoms with Crippen LogP contribution in [-0.4, -0.2) is 32.2 Å². The lowest BCUT2D eigenvalue weighted by Crippen LogP contribution is -2.52. The van der Waals surface area contributed by atoms with E-state index in [1.807, 2.05) is 13.8 Å². The molecule has 1 aromatic carbocycles. The van der Waals surface area contributed by atoms with Crippen LogP contribution in [0.15, 0.2) is 24.3 Å². The highest BCUT2D eigenvalue weighted by Gasteiger charge is 2.26. The maximum Gasteiger partial charge on any atom is 0.251 e. The Morgan fingerprint density at radius 2 is 1.83 bits per heavy atom. The largest absolute Gasteiger partial charge is 0.345 e. The van der Waals surface area contributed by atoms with Gasteiger partial charge in [-0.05, 0) is 37.5 Å².